The van der Waals surface area contributed by atoms with Crippen molar-refractivity contribution in [1.29, 1.82) is 0 Å². The molecule has 1 saturated heterocycles. The first-order valence-electron chi connectivity index (χ1n) is 7.15. The Morgan fingerprint density at radius 2 is 1.81 bits per heavy atom. The molecule has 0 bridgehead atoms. The van der Waals surface area contributed by atoms with Crippen LogP contribution >= 0.6 is 11.8 Å². The number of hydrogen-bond donors (Lipinski definition) is 0. The fraction of sp³-hybridized carbons (Fsp3) is 0.278. The van der Waals surface area contributed by atoms with Gasteiger partial charge in [0.1, 0.15) is 5.60 Å². The summed E-state index contributed by atoms with van der Waals surface area (Å²) in [6, 6.07) is 18.4. The van der Waals surface area contributed by atoms with Crippen molar-refractivity contribution in [3.8, 4) is 0 Å². The number of aryl methyl sites for hydroxylation is 1. The number of thioether (sulfide) groups is 1. The Kier molecular flexibility index (Phi) is 4.02. The monoisotopic (exact) mass is 298 g/mol. The van der Waals surface area contributed by atoms with Gasteiger partial charge in [0.05, 0.1) is 0 Å². The van der Waals surface area contributed by atoms with Gasteiger partial charge in [0.15, 0.2) is 0 Å². The van der Waals surface area contributed by atoms with Gasteiger partial charge in [-0.05, 0) is 24.1 Å². The van der Waals surface area contributed by atoms with Crippen molar-refractivity contribution in [1.82, 2.24) is 0 Å². The second-order valence-corrected chi connectivity index (χ2v) is 6.41. The van der Waals surface area contributed by atoms with E-state index < -0.39 is 5.60 Å². The van der Waals surface area contributed by atoms with Crippen LogP contribution in [0.25, 0.3) is 0 Å². The minimum atomic E-state index is -0.481. The van der Waals surface area contributed by atoms with Gasteiger partial charge in [0, 0.05) is 23.5 Å². The zero-order chi connectivity index (χ0) is 14.7. The number of benzene rings is 2. The first kappa shape index (κ1) is 14.2. The maximum Gasteiger partial charge on any atom is 0.306 e. The third kappa shape index (κ3) is 2.98. The van der Waals surface area contributed by atoms with E-state index >= 15 is 0 Å². The van der Waals surface area contributed by atoms with Crippen LogP contribution in [0.2, 0.25) is 0 Å². The highest BCUT2D eigenvalue weighted by Crippen LogP contribution is 2.41. The molecule has 0 aromatic heterocycles. The molecule has 0 unspecified atom stereocenters. The fourth-order valence-corrected chi connectivity index (χ4v) is 3.90. The van der Waals surface area contributed by atoms with Crippen molar-refractivity contribution in [2.24, 2.45) is 0 Å². The number of ether oxygens (including phenoxy) is 1. The lowest BCUT2D eigenvalue weighted by Crippen LogP contribution is -2.28. The van der Waals surface area contributed by atoms with E-state index in [1.807, 2.05) is 30.3 Å². The highest BCUT2D eigenvalue weighted by molar-refractivity contribution is 7.99. The van der Waals surface area contributed by atoms with Crippen molar-refractivity contribution in [2.45, 2.75) is 30.3 Å². The summed E-state index contributed by atoms with van der Waals surface area (Å²) in [6.45, 7) is 2.11. The summed E-state index contributed by atoms with van der Waals surface area (Å²) in [4.78, 5) is 12.9. The summed E-state index contributed by atoms with van der Waals surface area (Å²) in [7, 11) is 0. The molecule has 1 aliphatic rings. The van der Waals surface area contributed by atoms with Gasteiger partial charge in [0.2, 0.25) is 0 Å². The molecule has 0 saturated carbocycles. The van der Waals surface area contributed by atoms with Gasteiger partial charge in [-0.15, -0.1) is 11.8 Å². The maximum atomic E-state index is 11.7. The van der Waals surface area contributed by atoms with Gasteiger partial charge in [-0.1, -0.05) is 48.5 Å². The lowest BCUT2D eigenvalue weighted by molar-refractivity contribution is -0.147. The number of cyclic esters (lactones) is 1. The van der Waals surface area contributed by atoms with Crippen LogP contribution in [-0.2, 0) is 15.1 Å². The van der Waals surface area contributed by atoms with E-state index in [4.69, 9.17) is 4.74 Å². The smallest absolute Gasteiger partial charge is 0.306 e. The predicted octanol–water partition coefficient (Wildman–Crippen LogP) is 4.32. The lowest BCUT2D eigenvalue weighted by Gasteiger charge is -2.28. The molecule has 2 aromatic rings. The van der Waals surface area contributed by atoms with Gasteiger partial charge in [-0.2, -0.15) is 0 Å². The minimum Gasteiger partial charge on any atom is -0.453 e. The third-order valence-corrected chi connectivity index (χ3v) is 5.28. The summed E-state index contributed by atoms with van der Waals surface area (Å²) < 4.78 is 5.74. The molecule has 0 radical (unpaired) electrons. The predicted molar refractivity (Wildman–Crippen MR) is 85.3 cm³/mol. The topological polar surface area (TPSA) is 26.3 Å². The molecule has 0 spiro atoms. The number of esters is 1. The first-order valence-corrected chi connectivity index (χ1v) is 8.14. The molecular formula is C18H18O2S. The number of carbonyl (C=O) groups excluding carboxylic acids is 1. The summed E-state index contributed by atoms with van der Waals surface area (Å²) in [6.07, 6.45) is 1.26. The van der Waals surface area contributed by atoms with E-state index in [-0.39, 0.29) is 5.97 Å². The largest absolute Gasteiger partial charge is 0.453 e. The molecule has 1 heterocycles. The number of carbonyl (C=O) groups is 1. The zero-order valence-electron chi connectivity index (χ0n) is 12.0. The second-order valence-electron chi connectivity index (χ2n) is 5.39. The summed E-state index contributed by atoms with van der Waals surface area (Å²) in [5.41, 5.74) is 1.87. The molecule has 3 rings (SSSR count). The molecule has 108 valence electrons. The van der Waals surface area contributed by atoms with E-state index in [0.29, 0.717) is 6.42 Å². The number of rotatable bonds is 4. The Labute approximate surface area is 129 Å². The Balaban J connectivity index is 1.85. The van der Waals surface area contributed by atoms with Crippen LogP contribution in [0.15, 0.2) is 59.5 Å². The van der Waals surface area contributed by atoms with Crippen molar-refractivity contribution >= 4 is 17.7 Å². The zero-order valence-corrected chi connectivity index (χ0v) is 12.9. The molecule has 3 heteroatoms. The third-order valence-electron chi connectivity index (χ3n) is 3.90. The minimum absolute atomic E-state index is 0.0933. The van der Waals surface area contributed by atoms with Gasteiger partial charge in [-0.25, -0.2) is 0 Å². The quantitative estimate of drug-likeness (QED) is 0.621. The van der Waals surface area contributed by atoms with Gasteiger partial charge >= 0.3 is 5.97 Å². The summed E-state index contributed by atoms with van der Waals surface area (Å²) in [5, 5.41) is 0. The maximum absolute atomic E-state index is 11.7. The molecule has 21 heavy (non-hydrogen) atoms. The molecule has 1 aliphatic heterocycles. The molecule has 1 fully saturated rings. The van der Waals surface area contributed by atoms with Crippen LogP contribution in [0.3, 0.4) is 0 Å². The van der Waals surface area contributed by atoms with Crippen LogP contribution in [0.4, 0.5) is 0 Å². The highest BCUT2D eigenvalue weighted by atomic mass is 32.2. The highest BCUT2D eigenvalue weighted by Gasteiger charge is 2.41. The summed E-state index contributed by atoms with van der Waals surface area (Å²) >= 11 is 1.76. The normalized spacial score (nSPS) is 21.3. The van der Waals surface area contributed by atoms with E-state index in [0.717, 1.165) is 17.7 Å². The standard InChI is InChI=1S/C18H18O2S/c1-14-7-5-6-10-16(14)21-13-18(12-11-17(19)20-18)15-8-3-2-4-9-15/h2-10H,11-13H2,1H3/t18-/m0/s1. The second kappa shape index (κ2) is 5.94. The van der Waals surface area contributed by atoms with Crippen molar-refractivity contribution < 1.29 is 9.53 Å². The van der Waals surface area contributed by atoms with Gasteiger partial charge in [-0.3, -0.25) is 4.79 Å². The van der Waals surface area contributed by atoms with E-state index in [1.165, 1.54) is 10.5 Å². The molecule has 0 aliphatic carbocycles. The molecule has 0 amide bonds. The van der Waals surface area contributed by atoms with Crippen molar-refractivity contribution in [3.05, 3.63) is 65.7 Å². The van der Waals surface area contributed by atoms with Crippen molar-refractivity contribution in [3.63, 3.8) is 0 Å². The van der Waals surface area contributed by atoms with Crippen LogP contribution < -0.4 is 0 Å². The first-order chi connectivity index (χ1) is 10.2. The van der Waals surface area contributed by atoms with E-state index in [9.17, 15) is 4.79 Å². The van der Waals surface area contributed by atoms with E-state index in [1.54, 1.807) is 11.8 Å². The SMILES string of the molecule is Cc1ccccc1SC[C@]1(c2ccccc2)CCC(=O)O1. The average molecular weight is 298 g/mol. The molecule has 0 N–H and O–H groups in total. The molecule has 1 atom stereocenters. The van der Waals surface area contributed by atoms with Crippen LogP contribution in [0.5, 0.6) is 0 Å². The fourth-order valence-electron chi connectivity index (χ4n) is 2.67. The average Bonchev–Trinajstić information content (AvgIpc) is 2.90. The number of hydrogen-bond acceptors (Lipinski definition) is 3. The lowest BCUT2D eigenvalue weighted by atomic mass is 9.93. The van der Waals surface area contributed by atoms with Crippen LogP contribution in [-0.4, -0.2) is 11.7 Å². The Bertz CT molecular complexity index is 639. The van der Waals surface area contributed by atoms with Crippen LogP contribution in [0, 0.1) is 6.92 Å². The van der Waals surface area contributed by atoms with E-state index in [2.05, 4.69) is 31.2 Å². The Hall–Kier alpha value is -1.74. The van der Waals surface area contributed by atoms with Gasteiger partial charge in [0.25, 0.3) is 0 Å². The summed E-state index contributed by atoms with van der Waals surface area (Å²) in [5.74, 6) is 0.664. The molecule has 2 aromatic carbocycles. The van der Waals surface area contributed by atoms with Gasteiger partial charge < -0.3 is 4.74 Å². The van der Waals surface area contributed by atoms with Crippen LogP contribution in [0.1, 0.15) is 24.0 Å². The Morgan fingerprint density at radius 1 is 1.10 bits per heavy atom. The molecular weight excluding hydrogens is 280 g/mol. The Morgan fingerprint density at radius 3 is 2.48 bits per heavy atom. The van der Waals surface area contributed by atoms with Crippen molar-refractivity contribution in [2.75, 3.05) is 5.75 Å². The molecule has 2 nitrogen and oxygen atoms in total.